The van der Waals surface area contributed by atoms with Gasteiger partial charge in [0.05, 0.1) is 20.9 Å². The highest BCUT2D eigenvalue weighted by molar-refractivity contribution is 8.00. The van der Waals surface area contributed by atoms with Gasteiger partial charge in [-0.1, -0.05) is 35.9 Å². The molecule has 0 aliphatic carbocycles. The Bertz CT molecular complexity index is 1250. The summed E-state index contributed by atoms with van der Waals surface area (Å²) in [5.74, 6) is 0.512. The molecule has 0 saturated carbocycles. The van der Waals surface area contributed by atoms with Crippen molar-refractivity contribution in [3.8, 4) is 0 Å². The van der Waals surface area contributed by atoms with E-state index in [1.165, 1.54) is 39.1 Å². The number of carbonyl (C=O) groups excluding carboxylic acids is 1. The van der Waals surface area contributed by atoms with Gasteiger partial charge in [-0.05, 0) is 49.4 Å². The number of thioether (sulfide) groups is 1. The molecule has 8 nitrogen and oxygen atoms in total. The van der Waals surface area contributed by atoms with Gasteiger partial charge in [-0.15, -0.1) is 21.5 Å². The maximum atomic E-state index is 13.0. The topological polar surface area (TPSA) is 97.2 Å². The molecular formula is C22H26ClN5O3S3. The molecule has 1 saturated heterocycles. The van der Waals surface area contributed by atoms with Gasteiger partial charge in [-0.3, -0.25) is 4.79 Å². The smallest absolute Gasteiger partial charge is 0.243 e. The molecule has 182 valence electrons. The van der Waals surface area contributed by atoms with Gasteiger partial charge >= 0.3 is 0 Å². The van der Waals surface area contributed by atoms with Gasteiger partial charge in [-0.2, -0.15) is 4.31 Å². The molecule has 1 aliphatic rings. The van der Waals surface area contributed by atoms with Crippen LogP contribution in [-0.4, -0.2) is 51.7 Å². The lowest BCUT2D eigenvalue weighted by Crippen LogP contribution is -2.35. The van der Waals surface area contributed by atoms with Crippen molar-refractivity contribution in [1.82, 2.24) is 19.1 Å². The van der Waals surface area contributed by atoms with Crippen LogP contribution in [0.3, 0.4) is 0 Å². The lowest BCUT2D eigenvalue weighted by atomic mass is 10.2. The number of halogens is 1. The monoisotopic (exact) mass is 539 g/mol. The summed E-state index contributed by atoms with van der Waals surface area (Å²) in [4.78, 5) is 14.2. The second-order valence-corrected chi connectivity index (χ2v) is 12.8. The van der Waals surface area contributed by atoms with Crippen molar-refractivity contribution in [2.45, 2.75) is 47.9 Å². The van der Waals surface area contributed by atoms with Crippen molar-refractivity contribution in [1.29, 1.82) is 0 Å². The van der Waals surface area contributed by atoms with Crippen LogP contribution in [-0.2, 0) is 28.3 Å². The molecule has 1 N–H and O–H groups in total. The zero-order chi connectivity index (χ0) is 24.3. The van der Waals surface area contributed by atoms with Crippen molar-refractivity contribution < 1.29 is 13.2 Å². The first-order valence-corrected chi connectivity index (χ1v) is 14.5. The van der Waals surface area contributed by atoms with Crippen LogP contribution in [0.2, 0.25) is 5.02 Å². The van der Waals surface area contributed by atoms with Crippen molar-refractivity contribution in [2.75, 3.05) is 18.4 Å². The quantitative estimate of drug-likeness (QED) is 0.426. The van der Waals surface area contributed by atoms with E-state index in [0.29, 0.717) is 24.7 Å². The Morgan fingerprint density at radius 1 is 1.24 bits per heavy atom. The number of hydrogen-bond donors (Lipinski definition) is 1. The number of amides is 1. The minimum absolute atomic E-state index is 0.126. The summed E-state index contributed by atoms with van der Waals surface area (Å²) in [6.45, 7) is 2.77. The van der Waals surface area contributed by atoms with Gasteiger partial charge in [0, 0.05) is 31.4 Å². The number of rotatable bonds is 8. The number of benzene rings is 1. The minimum atomic E-state index is -3.63. The summed E-state index contributed by atoms with van der Waals surface area (Å²) in [6, 6.07) is 8.46. The number of carbonyl (C=O) groups is 1. The summed E-state index contributed by atoms with van der Waals surface area (Å²) in [5, 5.41) is 13.7. The van der Waals surface area contributed by atoms with Gasteiger partial charge in [0.2, 0.25) is 15.9 Å². The number of sulfonamides is 1. The molecule has 1 fully saturated rings. The molecule has 12 heteroatoms. The van der Waals surface area contributed by atoms with Gasteiger partial charge in [0.1, 0.15) is 5.82 Å². The second kappa shape index (κ2) is 10.8. The fourth-order valence-electron chi connectivity index (χ4n) is 3.63. The van der Waals surface area contributed by atoms with E-state index in [9.17, 15) is 13.2 Å². The Morgan fingerprint density at radius 2 is 2.00 bits per heavy atom. The molecule has 34 heavy (non-hydrogen) atoms. The van der Waals surface area contributed by atoms with Crippen molar-refractivity contribution in [2.24, 2.45) is 7.05 Å². The fraction of sp³-hybridized carbons (Fsp3) is 0.409. The number of hydrogen-bond acceptors (Lipinski definition) is 7. The lowest BCUT2D eigenvalue weighted by molar-refractivity contribution is -0.115. The summed E-state index contributed by atoms with van der Waals surface area (Å²) < 4.78 is 29.4. The average molecular weight is 540 g/mol. The van der Waals surface area contributed by atoms with Gasteiger partial charge in [0.15, 0.2) is 5.16 Å². The first-order chi connectivity index (χ1) is 16.3. The lowest BCUT2D eigenvalue weighted by Gasteiger charge is -2.26. The van der Waals surface area contributed by atoms with Gasteiger partial charge in [-0.25, -0.2) is 8.42 Å². The number of thiophene rings is 1. The highest BCUT2D eigenvalue weighted by Gasteiger charge is 2.27. The van der Waals surface area contributed by atoms with Crippen LogP contribution in [0.4, 0.5) is 5.69 Å². The van der Waals surface area contributed by atoms with E-state index < -0.39 is 15.3 Å². The van der Waals surface area contributed by atoms with E-state index in [1.807, 2.05) is 29.1 Å². The summed E-state index contributed by atoms with van der Waals surface area (Å²) in [5.41, 5.74) is 0.272. The molecule has 1 aromatic carbocycles. The molecule has 1 aliphatic heterocycles. The summed E-state index contributed by atoms with van der Waals surface area (Å²) in [7, 11) is -1.76. The van der Waals surface area contributed by atoms with E-state index in [4.69, 9.17) is 11.6 Å². The third-order valence-corrected chi connectivity index (χ3v) is 9.87. The molecule has 0 radical (unpaired) electrons. The zero-order valence-corrected chi connectivity index (χ0v) is 22.1. The molecule has 4 rings (SSSR count). The average Bonchev–Trinajstić information content (AvgIpc) is 3.46. The van der Waals surface area contributed by atoms with Crippen LogP contribution in [0.25, 0.3) is 0 Å². The summed E-state index contributed by atoms with van der Waals surface area (Å²) in [6.07, 6.45) is 3.41. The molecule has 0 spiro atoms. The van der Waals surface area contributed by atoms with Crippen LogP contribution >= 0.6 is 34.7 Å². The Balaban J connectivity index is 1.44. The number of nitrogens with zero attached hydrogens (tertiary/aromatic N) is 4. The fourth-order valence-corrected chi connectivity index (χ4v) is 6.88. The van der Waals surface area contributed by atoms with E-state index in [2.05, 4.69) is 15.5 Å². The predicted molar refractivity (Wildman–Crippen MR) is 136 cm³/mol. The summed E-state index contributed by atoms with van der Waals surface area (Å²) >= 11 is 9.22. The molecule has 1 atom stereocenters. The van der Waals surface area contributed by atoms with E-state index in [0.717, 1.165) is 25.1 Å². The molecule has 3 aromatic rings. The first-order valence-electron chi connectivity index (χ1n) is 10.9. The number of piperidine rings is 1. The maximum absolute atomic E-state index is 13.0. The van der Waals surface area contributed by atoms with Gasteiger partial charge in [0.25, 0.3) is 0 Å². The number of aromatic nitrogens is 3. The molecule has 1 amide bonds. The van der Waals surface area contributed by atoms with Crippen molar-refractivity contribution in [3.05, 3.63) is 51.4 Å². The normalized spacial score (nSPS) is 15.9. The molecule has 0 bridgehead atoms. The molecule has 3 heterocycles. The Morgan fingerprint density at radius 3 is 2.71 bits per heavy atom. The number of nitrogens with one attached hydrogen (secondary N) is 1. The van der Waals surface area contributed by atoms with E-state index in [1.54, 1.807) is 18.3 Å². The van der Waals surface area contributed by atoms with Crippen LogP contribution < -0.4 is 5.32 Å². The third-order valence-electron chi connectivity index (χ3n) is 5.64. The third kappa shape index (κ3) is 5.65. The Labute approximate surface area is 212 Å². The van der Waals surface area contributed by atoms with Crippen LogP contribution in [0, 0.1) is 0 Å². The largest absolute Gasteiger partial charge is 0.324 e. The van der Waals surface area contributed by atoms with Crippen LogP contribution in [0.1, 0.15) is 36.9 Å². The Kier molecular flexibility index (Phi) is 7.98. The highest BCUT2D eigenvalue weighted by Crippen LogP contribution is 2.30. The van der Waals surface area contributed by atoms with Crippen LogP contribution in [0.5, 0.6) is 0 Å². The molecule has 2 aromatic heterocycles. The van der Waals surface area contributed by atoms with Crippen molar-refractivity contribution in [3.63, 3.8) is 0 Å². The zero-order valence-electron chi connectivity index (χ0n) is 18.9. The number of anilines is 1. The minimum Gasteiger partial charge on any atom is -0.324 e. The van der Waals surface area contributed by atoms with Crippen LogP contribution in [0.15, 0.2) is 45.8 Å². The molecular weight excluding hydrogens is 514 g/mol. The maximum Gasteiger partial charge on any atom is 0.243 e. The molecule has 1 unspecified atom stereocenters. The van der Waals surface area contributed by atoms with Crippen molar-refractivity contribution >= 4 is 56.3 Å². The Hall–Kier alpha value is -1.92. The second-order valence-electron chi connectivity index (χ2n) is 8.07. The highest BCUT2D eigenvalue weighted by atomic mass is 35.5. The van der Waals surface area contributed by atoms with E-state index in [-0.39, 0.29) is 21.5 Å². The standard InChI is InChI=1S/C22H26ClN5O3S3/c1-15(33-22-26-25-20(27(22)2)13-16-7-6-12-32-16)21(29)24-19-14-17(8-9-18(19)23)34(30,31)28-10-4-3-5-11-28/h6-9,12,14-15H,3-5,10-11,13H2,1-2H3,(H,24,29). The van der Waals surface area contributed by atoms with Gasteiger partial charge < -0.3 is 9.88 Å². The van der Waals surface area contributed by atoms with E-state index >= 15 is 0 Å². The SMILES string of the molecule is CC(Sc1nnc(Cc2cccs2)n1C)C(=O)Nc1cc(S(=O)(=O)N2CCCCC2)ccc1Cl. The first kappa shape index (κ1) is 25.2. The predicted octanol–water partition coefficient (Wildman–Crippen LogP) is 4.41.